The van der Waals surface area contributed by atoms with Crippen molar-refractivity contribution in [2.24, 2.45) is 0 Å². The largest absolute Gasteiger partial charge is 0.0991 e. The van der Waals surface area contributed by atoms with Crippen LogP contribution in [0.5, 0.6) is 0 Å². The Kier molecular flexibility index (Phi) is 7.15. The van der Waals surface area contributed by atoms with Crippen molar-refractivity contribution in [1.29, 1.82) is 0 Å². The van der Waals surface area contributed by atoms with Gasteiger partial charge in [-0.1, -0.05) is 93.7 Å². The predicted molar refractivity (Wildman–Crippen MR) is 73.4 cm³/mol. The third-order valence-electron chi connectivity index (χ3n) is 2.72. The zero-order valence-electron chi connectivity index (χ0n) is 10.1. The molecule has 1 aliphatic rings. The molecule has 1 fully saturated rings. The minimum Gasteiger partial charge on any atom is -0.0991 e. The van der Waals surface area contributed by atoms with E-state index in [9.17, 15) is 0 Å². The van der Waals surface area contributed by atoms with Crippen LogP contribution >= 0.6 is 0 Å². The Bertz CT molecular complexity index is 280. The zero-order valence-corrected chi connectivity index (χ0v) is 10.1. The van der Waals surface area contributed by atoms with E-state index < -0.39 is 0 Å². The summed E-state index contributed by atoms with van der Waals surface area (Å²) in [6.07, 6.45) is 14.7. The maximum absolute atomic E-state index is 3.59. The van der Waals surface area contributed by atoms with Gasteiger partial charge in [0.05, 0.1) is 0 Å². The first-order valence-electron chi connectivity index (χ1n) is 6.27. The van der Waals surface area contributed by atoms with E-state index in [0.29, 0.717) is 0 Å². The highest BCUT2D eigenvalue weighted by Crippen LogP contribution is 2.15. The van der Waals surface area contributed by atoms with Gasteiger partial charge in [0.15, 0.2) is 0 Å². The molecule has 0 nitrogen and oxygen atoms in total. The van der Waals surface area contributed by atoms with Crippen molar-refractivity contribution in [3.8, 4) is 0 Å². The molecule has 0 heterocycles. The van der Waals surface area contributed by atoms with Gasteiger partial charge in [0, 0.05) is 0 Å². The normalized spacial score (nSPS) is 15.2. The molecule has 1 aromatic carbocycles. The fourth-order valence-corrected chi connectivity index (χ4v) is 1.80. The smallest absolute Gasteiger partial charge is 0.0257 e. The second-order valence-corrected chi connectivity index (χ2v) is 4.13. The van der Waals surface area contributed by atoms with Crippen LogP contribution in [-0.4, -0.2) is 0 Å². The van der Waals surface area contributed by atoms with Crippen LogP contribution in [0.25, 0.3) is 6.08 Å². The van der Waals surface area contributed by atoms with Crippen molar-refractivity contribution in [2.45, 2.75) is 38.5 Å². The minimum absolute atomic E-state index is 1.21. The first-order chi connectivity index (χ1) is 7.93. The van der Waals surface area contributed by atoms with E-state index in [1.54, 1.807) is 6.08 Å². The highest BCUT2D eigenvalue weighted by molar-refractivity contribution is 5.50. The van der Waals surface area contributed by atoms with Crippen molar-refractivity contribution in [3.63, 3.8) is 0 Å². The van der Waals surface area contributed by atoms with Gasteiger partial charge in [-0.25, -0.2) is 0 Å². The molecule has 0 radical (unpaired) electrons. The van der Waals surface area contributed by atoms with E-state index in [-0.39, 0.29) is 0 Å². The van der Waals surface area contributed by atoms with Crippen LogP contribution in [0.2, 0.25) is 0 Å². The molecule has 1 saturated carbocycles. The lowest BCUT2D eigenvalue weighted by Gasteiger charge is -2.05. The SMILES string of the molecule is C1CCCCC1.C=C/C=C/c1ccccc1. The minimum atomic E-state index is 1.21. The Morgan fingerprint density at radius 1 is 0.812 bits per heavy atom. The number of benzene rings is 1. The molecule has 1 aromatic rings. The van der Waals surface area contributed by atoms with Crippen LogP contribution < -0.4 is 0 Å². The summed E-state index contributed by atoms with van der Waals surface area (Å²) in [7, 11) is 0. The molecule has 0 N–H and O–H groups in total. The first kappa shape index (κ1) is 12.8. The van der Waals surface area contributed by atoms with Gasteiger partial charge in [0.25, 0.3) is 0 Å². The summed E-state index contributed by atoms with van der Waals surface area (Å²) in [6.45, 7) is 3.59. The van der Waals surface area contributed by atoms with Gasteiger partial charge in [-0.2, -0.15) is 0 Å². The summed E-state index contributed by atoms with van der Waals surface area (Å²) in [6, 6.07) is 10.1. The maximum atomic E-state index is 3.59. The molecule has 0 spiro atoms. The van der Waals surface area contributed by atoms with E-state index in [2.05, 4.69) is 18.7 Å². The molecule has 0 aromatic heterocycles. The van der Waals surface area contributed by atoms with Crippen LogP contribution in [0.3, 0.4) is 0 Å². The van der Waals surface area contributed by atoms with Crippen molar-refractivity contribution in [3.05, 3.63) is 54.6 Å². The average Bonchev–Trinajstić information content (AvgIpc) is 2.40. The third-order valence-corrected chi connectivity index (χ3v) is 2.72. The van der Waals surface area contributed by atoms with Crippen LogP contribution in [0.15, 0.2) is 49.1 Å². The molecule has 0 atom stereocenters. The average molecular weight is 214 g/mol. The van der Waals surface area contributed by atoms with Crippen molar-refractivity contribution in [2.75, 3.05) is 0 Å². The lowest BCUT2D eigenvalue weighted by Crippen LogP contribution is -1.85. The maximum Gasteiger partial charge on any atom is -0.0257 e. The summed E-state index contributed by atoms with van der Waals surface area (Å²) in [5.41, 5.74) is 1.21. The Labute approximate surface area is 99.7 Å². The van der Waals surface area contributed by atoms with Gasteiger partial charge < -0.3 is 0 Å². The lowest BCUT2D eigenvalue weighted by molar-refractivity contribution is 0.504. The molecule has 0 bridgehead atoms. The molecule has 0 aliphatic heterocycles. The molecule has 0 heteroatoms. The molecule has 2 rings (SSSR count). The number of hydrogen-bond acceptors (Lipinski definition) is 0. The van der Waals surface area contributed by atoms with E-state index in [4.69, 9.17) is 0 Å². The number of rotatable bonds is 2. The topological polar surface area (TPSA) is 0 Å². The fourth-order valence-electron chi connectivity index (χ4n) is 1.80. The van der Waals surface area contributed by atoms with Crippen molar-refractivity contribution < 1.29 is 0 Å². The zero-order chi connectivity index (χ0) is 11.5. The number of allylic oxidation sites excluding steroid dienone is 2. The van der Waals surface area contributed by atoms with Crippen molar-refractivity contribution in [1.82, 2.24) is 0 Å². The summed E-state index contributed by atoms with van der Waals surface area (Å²) in [4.78, 5) is 0. The predicted octanol–water partition coefficient (Wildman–Crippen LogP) is 5.23. The Hall–Kier alpha value is -1.30. The fraction of sp³-hybridized carbons (Fsp3) is 0.375. The Morgan fingerprint density at radius 2 is 1.31 bits per heavy atom. The summed E-state index contributed by atoms with van der Waals surface area (Å²) in [5.74, 6) is 0. The lowest BCUT2D eigenvalue weighted by atomic mass is 10.0. The molecule has 0 amide bonds. The molecule has 1 aliphatic carbocycles. The standard InChI is InChI=1S/C10H10.C6H12/c1-2-3-7-10-8-5-4-6-9-10;1-2-4-6-5-3-1/h2-9H,1H2;1-6H2/b7-3+;. The third kappa shape index (κ3) is 6.23. The van der Waals surface area contributed by atoms with E-state index in [0.717, 1.165) is 0 Å². The van der Waals surface area contributed by atoms with Crippen LogP contribution in [0, 0.1) is 0 Å². The van der Waals surface area contributed by atoms with Gasteiger partial charge in [0.2, 0.25) is 0 Å². The van der Waals surface area contributed by atoms with Gasteiger partial charge in [0.1, 0.15) is 0 Å². The second kappa shape index (κ2) is 8.96. The second-order valence-electron chi connectivity index (χ2n) is 4.13. The van der Waals surface area contributed by atoms with E-state index >= 15 is 0 Å². The molecule has 16 heavy (non-hydrogen) atoms. The highest BCUT2D eigenvalue weighted by Gasteiger charge is 1.95. The monoisotopic (exact) mass is 214 g/mol. The van der Waals surface area contributed by atoms with Crippen LogP contribution in [0.4, 0.5) is 0 Å². The Morgan fingerprint density at radius 3 is 1.75 bits per heavy atom. The summed E-state index contributed by atoms with van der Waals surface area (Å²) in [5, 5.41) is 0. The molecule has 0 unspecified atom stereocenters. The number of hydrogen-bond donors (Lipinski definition) is 0. The van der Waals surface area contributed by atoms with Gasteiger partial charge >= 0.3 is 0 Å². The van der Waals surface area contributed by atoms with E-state index in [1.165, 1.54) is 44.1 Å². The van der Waals surface area contributed by atoms with Gasteiger partial charge in [-0.3, -0.25) is 0 Å². The quantitative estimate of drug-likeness (QED) is 0.592. The van der Waals surface area contributed by atoms with Crippen molar-refractivity contribution >= 4 is 6.08 Å². The van der Waals surface area contributed by atoms with Crippen LogP contribution in [-0.2, 0) is 0 Å². The highest BCUT2D eigenvalue weighted by atomic mass is 14.0. The van der Waals surface area contributed by atoms with E-state index in [1.807, 2.05) is 30.4 Å². The Balaban J connectivity index is 0.000000181. The summed E-state index contributed by atoms with van der Waals surface area (Å²) < 4.78 is 0. The van der Waals surface area contributed by atoms with Gasteiger partial charge in [-0.05, 0) is 5.56 Å². The first-order valence-corrected chi connectivity index (χ1v) is 6.27. The molecular weight excluding hydrogens is 192 g/mol. The molecule has 86 valence electrons. The molecule has 0 saturated heterocycles. The summed E-state index contributed by atoms with van der Waals surface area (Å²) >= 11 is 0. The molecular formula is C16H22. The van der Waals surface area contributed by atoms with Crippen LogP contribution in [0.1, 0.15) is 44.1 Å². The van der Waals surface area contributed by atoms with Gasteiger partial charge in [-0.15, -0.1) is 0 Å².